The molecule has 2 N–H and O–H groups in total. The topological polar surface area (TPSA) is 73.8 Å². The lowest BCUT2D eigenvalue weighted by Gasteiger charge is -2.05. The molecule has 1 heterocycles. The summed E-state index contributed by atoms with van der Waals surface area (Å²) < 4.78 is 1.02. The fourth-order valence-electron chi connectivity index (χ4n) is 1.50. The first-order valence-corrected chi connectivity index (χ1v) is 6.22. The van der Waals surface area contributed by atoms with Crippen molar-refractivity contribution in [3.63, 3.8) is 0 Å². The normalized spacial score (nSPS) is 10.5. The summed E-state index contributed by atoms with van der Waals surface area (Å²) in [6.45, 7) is 1.95. The van der Waals surface area contributed by atoms with Crippen LogP contribution >= 0.6 is 11.8 Å². The van der Waals surface area contributed by atoms with E-state index in [4.69, 9.17) is 5.84 Å². The molecule has 0 spiro atoms. The van der Waals surface area contributed by atoms with Crippen LogP contribution in [0.4, 0.5) is 0 Å². The van der Waals surface area contributed by atoms with E-state index in [0.29, 0.717) is 5.16 Å². The predicted molar refractivity (Wildman–Crippen MR) is 68.4 cm³/mol. The van der Waals surface area contributed by atoms with Crippen molar-refractivity contribution in [2.75, 3.05) is 12.1 Å². The predicted octanol–water partition coefficient (Wildman–Crippen LogP) is 1.05. The van der Waals surface area contributed by atoms with Crippen molar-refractivity contribution in [1.29, 1.82) is 0 Å². The number of benzene rings is 1. The second-order valence-corrected chi connectivity index (χ2v) is 4.35. The molecule has 6 heteroatoms. The molecule has 0 atom stereocenters. The van der Waals surface area contributed by atoms with Crippen LogP contribution in [0.5, 0.6) is 0 Å². The minimum atomic E-state index is -0.338. The van der Waals surface area contributed by atoms with Gasteiger partial charge in [-0.1, -0.05) is 35.5 Å². The summed E-state index contributed by atoms with van der Waals surface area (Å²) in [5, 5.41) is 8.25. The minimum absolute atomic E-state index is 0.272. The summed E-state index contributed by atoms with van der Waals surface area (Å²) in [6.07, 6.45) is 1.79. The van der Waals surface area contributed by atoms with Crippen LogP contribution in [0.15, 0.2) is 34.2 Å². The number of aryl methyl sites for hydroxylation is 1. The quantitative estimate of drug-likeness (QED) is 0.635. The lowest BCUT2D eigenvalue weighted by atomic mass is 10.1. The molecule has 0 saturated carbocycles. The molecule has 0 fully saturated rings. The van der Waals surface area contributed by atoms with E-state index in [1.807, 2.05) is 31.2 Å². The molecule has 0 radical (unpaired) electrons. The van der Waals surface area contributed by atoms with Crippen molar-refractivity contribution in [1.82, 2.24) is 14.9 Å². The first-order valence-electron chi connectivity index (χ1n) is 4.99. The molecule has 0 aliphatic carbocycles. The molecule has 5 nitrogen and oxygen atoms in total. The van der Waals surface area contributed by atoms with Gasteiger partial charge in [-0.05, 0) is 19.2 Å². The summed E-state index contributed by atoms with van der Waals surface area (Å²) in [7, 11) is 0. The number of nitrogens with two attached hydrogens (primary N) is 1. The highest BCUT2D eigenvalue weighted by Gasteiger charge is 2.11. The number of nitrogen functional groups attached to an aromatic ring is 1. The molecule has 0 unspecified atom stereocenters. The Morgan fingerprint density at radius 3 is 2.76 bits per heavy atom. The zero-order valence-corrected chi connectivity index (χ0v) is 10.4. The summed E-state index contributed by atoms with van der Waals surface area (Å²) >= 11 is 1.28. The van der Waals surface area contributed by atoms with Gasteiger partial charge in [0, 0.05) is 5.56 Å². The Kier molecular flexibility index (Phi) is 3.14. The van der Waals surface area contributed by atoms with Crippen LogP contribution in [-0.4, -0.2) is 21.1 Å². The Balaban J connectivity index is 2.62. The van der Waals surface area contributed by atoms with Gasteiger partial charge in [-0.25, -0.2) is 0 Å². The lowest BCUT2D eigenvalue weighted by Crippen LogP contribution is -2.31. The van der Waals surface area contributed by atoms with Crippen LogP contribution in [0.2, 0.25) is 0 Å². The second kappa shape index (κ2) is 4.58. The van der Waals surface area contributed by atoms with E-state index in [1.165, 1.54) is 11.8 Å². The molecule has 0 aliphatic rings. The van der Waals surface area contributed by atoms with Crippen molar-refractivity contribution >= 4 is 11.8 Å². The van der Waals surface area contributed by atoms with Crippen LogP contribution < -0.4 is 11.4 Å². The molecule has 0 amide bonds. The Labute approximate surface area is 103 Å². The smallest absolute Gasteiger partial charge is 0.299 e. The third kappa shape index (κ3) is 2.16. The van der Waals surface area contributed by atoms with Gasteiger partial charge in [0.1, 0.15) is 0 Å². The molecule has 2 rings (SSSR count). The lowest BCUT2D eigenvalue weighted by molar-refractivity contribution is 0.705. The highest BCUT2D eigenvalue weighted by molar-refractivity contribution is 7.98. The average Bonchev–Trinajstić information content (AvgIpc) is 2.32. The van der Waals surface area contributed by atoms with Crippen molar-refractivity contribution in [2.45, 2.75) is 12.1 Å². The van der Waals surface area contributed by atoms with Gasteiger partial charge in [-0.3, -0.25) is 4.79 Å². The van der Waals surface area contributed by atoms with Gasteiger partial charge in [-0.2, -0.15) is 4.68 Å². The molecule has 1 aromatic carbocycles. The van der Waals surface area contributed by atoms with Crippen molar-refractivity contribution < 1.29 is 0 Å². The van der Waals surface area contributed by atoms with Crippen molar-refractivity contribution in [3.05, 3.63) is 40.2 Å². The SMILES string of the molecule is CSc1nnc(-c2cccc(C)c2)c(=O)n1N. The largest absolute Gasteiger partial charge is 0.334 e. The third-order valence-electron chi connectivity index (χ3n) is 2.34. The molecule has 17 heavy (non-hydrogen) atoms. The monoisotopic (exact) mass is 248 g/mol. The summed E-state index contributed by atoms with van der Waals surface area (Å²) in [4.78, 5) is 12.0. The van der Waals surface area contributed by atoms with Crippen LogP contribution in [0.25, 0.3) is 11.3 Å². The summed E-state index contributed by atoms with van der Waals surface area (Å²) in [6, 6.07) is 7.52. The fourth-order valence-corrected chi connectivity index (χ4v) is 1.90. The van der Waals surface area contributed by atoms with E-state index in [1.54, 1.807) is 6.26 Å². The summed E-state index contributed by atoms with van der Waals surface area (Å²) in [5.74, 6) is 5.65. The molecule has 88 valence electrons. The van der Waals surface area contributed by atoms with Crippen molar-refractivity contribution in [2.24, 2.45) is 0 Å². The van der Waals surface area contributed by atoms with Gasteiger partial charge in [0.25, 0.3) is 5.56 Å². The first-order chi connectivity index (χ1) is 8.13. The molecule has 1 aromatic heterocycles. The van der Waals surface area contributed by atoms with Gasteiger partial charge in [0.15, 0.2) is 5.69 Å². The zero-order valence-electron chi connectivity index (χ0n) is 9.54. The molecule has 0 aliphatic heterocycles. The number of aromatic nitrogens is 3. The molecule has 0 saturated heterocycles. The molecule has 2 aromatic rings. The van der Waals surface area contributed by atoms with E-state index in [0.717, 1.165) is 15.8 Å². The van der Waals surface area contributed by atoms with E-state index >= 15 is 0 Å². The van der Waals surface area contributed by atoms with Gasteiger partial charge < -0.3 is 5.84 Å². The number of hydrogen-bond donors (Lipinski definition) is 1. The van der Waals surface area contributed by atoms with Crippen LogP contribution in [-0.2, 0) is 0 Å². The molecular formula is C11H12N4OS. The molecular weight excluding hydrogens is 236 g/mol. The minimum Gasteiger partial charge on any atom is -0.334 e. The highest BCUT2D eigenvalue weighted by atomic mass is 32.2. The Hall–Kier alpha value is -1.82. The average molecular weight is 248 g/mol. The van der Waals surface area contributed by atoms with Gasteiger partial charge >= 0.3 is 0 Å². The number of hydrogen-bond acceptors (Lipinski definition) is 5. The summed E-state index contributed by atoms with van der Waals surface area (Å²) in [5.41, 5.74) is 1.72. The maximum atomic E-state index is 12.0. The van der Waals surface area contributed by atoms with E-state index in [2.05, 4.69) is 10.2 Å². The number of thioether (sulfide) groups is 1. The van der Waals surface area contributed by atoms with E-state index < -0.39 is 0 Å². The molecule has 0 bridgehead atoms. The maximum Gasteiger partial charge on any atom is 0.299 e. The first kappa shape index (κ1) is 11.7. The zero-order chi connectivity index (χ0) is 12.4. The number of rotatable bonds is 2. The third-order valence-corrected chi connectivity index (χ3v) is 2.98. The van der Waals surface area contributed by atoms with Gasteiger partial charge in [0.05, 0.1) is 0 Å². The Bertz CT molecular complexity index is 609. The van der Waals surface area contributed by atoms with Crippen molar-refractivity contribution in [3.8, 4) is 11.3 Å². The van der Waals surface area contributed by atoms with E-state index in [9.17, 15) is 4.79 Å². The standard InChI is InChI=1S/C11H12N4OS/c1-7-4-3-5-8(6-7)9-10(16)15(12)11(17-2)14-13-9/h3-6H,12H2,1-2H3. The van der Waals surface area contributed by atoms with Gasteiger partial charge in [0.2, 0.25) is 5.16 Å². The maximum absolute atomic E-state index is 12.0. The number of nitrogens with zero attached hydrogens (tertiary/aromatic N) is 3. The fraction of sp³-hybridized carbons (Fsp3) is 0.182. The van der Waals surface area contributed by atoms with Crippen LogP contribution in [0.1, 0.15) is 5.56 Å². The van der Waals surface area contributed by atoms with E-state index in [-0.39, 0.29) is 11.3 Å². The van der Waals surface area contributed by atoms with Crippen LogP contribution in [0.3, 0.4) is 0 Å². The second-order valence-electron chi connectivity index (χ2n) is 3.58. The Morgan fingerprint density at radius 1 is 1.35 bits per heavy atom. The highest BCUT2D eigenvalue weighted by Crippen LogP contribution is 2.15. The van der Waals surface area contributed by atoms with Gasteiger partial charge in [-0.15, -0.1) is 10.2 Å². The Morgan fingerprint density at radius 2 is 2.12 bits per heavy atom. The van der Waals surface area contributed by atoms with Crippen LogP contribution in [0, 0.1) is 6.92 Å².